The smallest absolute Gasteiger partial charge is 0.0351 e. The molecule has 3 atom stereocenters. The molecule has 3 unspecified atom stereocenters. The van der Waals surface area contributed by atoms with E-state index in [1.807, 2.05) is 0 Å². The lowest BCUT2D eigenvalue weighted by Gasteiger charge is -2.30. The quantitative estimate of drug-likeness (QED) is 0.740. The SMILES string of the molecule is CNC(c1ccc(C(C)C)cc1C(C)C)C1CCCC1C. The highest BCUT2D eigenvalue weighted by Crippen LogP contribution is 2.42. The van der Waals surface area contributed by atoms with Crippen LogP contribution in [0.1, 0.15) is 88.4 Å². The van der Waals surface area contributed by atoms with Crippen LogP contribution >= 0.6 is 0 Å². The fraction of sp³-hybridized carbons (Fsp3) is 0.700. The molecule has 1 aromatic carbocycles. The van der Waals surface area contributed by atoms with Crippen LogP contribution in [-0.2, 0) is 0 Å². The average Bonchev–Trinajstić information content (AvgIpc) is 2.86. The van der Waals surface area contributed by atoms with Crippen LogP contribution in [0.5, 0.6) is 0 Å². The van der Waals surface area contributed by atoms with Gasteiger partial charge in [-0.25, -0.2) is 0 Å². The van der Waals surface area contributed by atoms with Crippen molar-refractivity contribution in [3.8, 4) is 0 Å². The second kappa shape index (κ2) is 6.96. The molecule has 2 rings (SSSR count). The van der Waals surface area contributed by atoms with Gasteiger partial charge in [0, 0.05) is 6.04 Å². The maximum absolute atomic E-state index is 3.63. The molecule has 1 N–H and O–H groups in total. The molecule has 1 aromatic rings. The van der Waals surface area contributed by atoms with Crippen LogP contribution in [0.2, 0.25) is 0 Å². The van der Waals surface area contributed by atoms with Gasteiger partial charge in [-0.05, 0) is 53.8 Å². The van der Waals surface area contributed by atoms with Crippen molar-refractivity contribution >= 4 is 0 Å². The van der Waals surface area contributed by atoms with Gasteiger partial charge in [-0.2, -0.15) is 0 Å². The lowest BCUT2D eigenvalue weighted by molar-refractivity contribution is 0.313. The zero-order valence-electron chi connectivity index (χ0n) is 14.7. The monoisotopic (exact) mass is 287 g/mol. The minimum absolute atomic E-state index is 0.515. The summed E-state index contributed by atoms with van der Waals surface area (Å²) in [5.74, 6) is 2.82. The van der Waals surface area contributed by atoms with Crippen molar-refractivity contribution < 1.29 is 0 Å². The van der Waals surface area contributed by atoms with Gasteiger partial charge >= 0.3 is 0 Å². The molecule has 1 nitrogen and oxygen atoms in total. The molecule has 0 saturated heterocycles. The molecular formula is C20H33N. The molecule has 1 heteroatoms. The van der Waals surface area contributed by atoms with Gasteiger partial charge in [-0.15, -0.1) is 0 Å². The van der Waals surface area contributed by atoms with E-state index in [0.29, 0.717) is 17.9 Å². The Morgan fingerprint density at radius 2 is 1.71 bits per heavy atom. The highest BCUT2D eigenvalue weighted by molar-refractivity contribution is 5.38. The zero-order valence-corrected chi connectivity index (χ0v) is 14.7. The van der Waals surface area contributed by atoms with Crippen molar-refractivity contribution in [2.45, 2.75) is 71.8 Å². The summed E-state index contributed by atoms with van der Waals surface area (Å²) in [6, 6.07) is 7.71. The Labute approximate surface area is 131 Å². The van der Waals surface area contributed by atoms with Gasteiger partial charge in [0.05, 0.1) is 0 Å². The van der Waals surface area contributed by atoms with E-state index in [-0.39, 0.29) is 0 Å². The van der Waals surface area contributed by atoms with E-state index in [0.717, 1.165) is 11.8 Å². The zero-order chi connectivity index (χ0) is 15.6. The highest BCUT2D eigenvalue weighted by Gasteiger charge is 2.32. The van der Waals surface area contributed by atoms with Gasteiger partial charge < -0.3 is 5.32 Å². The van der Waals surface area contributed by atoms with Crippen molar-refractivity contribution in [2.75, 3.05) is 7.05 Å². The Hall–Kier alpha value is -0.820. The molecule has 0 heterocycles. The van der Waals surface area contributed by atoms with Crippen LogP contribution in [0.25, 0.3) is 0 Å². The highest BCUT2D eigenvalue weighted by atomic mass is 14.9. The number of benzene rings is 1. The third kappa shape index (κ3) is 3.51. The minimum Gasteiger partial charge on any atom is -0.313 e. The van der Waals surface area contributed by atoms with Gasteiger partial charge in [0.2, 0.25) is 0 Å². The molecule has 1 aliphatic rings. The van der Waals surface area contributed by atoms with Gasteiger partial charge in [-0.3, -0.25) is 0 Å². The first kappa shape index (κ1) is 16.5. The molecule has 0 aliphatic heterocycles. The maximum atomic E-state index is 3.63. The Morgan fingerprint density at radius 3 is 2.19 bits per heavy atom. The van der Waals surface area contributed by atoms with Gasteiger partial charge in [0.1, 0.15) is 0 Å². The van der Waals surface area contributed by atoms with Gasteiger partial charge in [0.15, 0.2) is 0 Å². The first-order chi connectivity index (χ1) is 9.95. The van der Waals surface area contributed by atoms with Gasteiger partial charge in [0.25, 0.3) is 0 Å². The standard InChI is InChI=1S/C20H33N/c1-13(2)16-10-11-18(19(12-16)14(3)4)20(21-6)17-9-7-8-15(17)5/h10-15,17,20-21H,7-9H2,1-6H3. The first-order valence-corrected chi connectivity index (χ1v) is 8.76. The Balaban J connectivity index is 2.40. The van der Waals surface area contributed by atoms with E-state index in [1.54, 1.807) is 5.56 Å². The van der Waals surface area contributed by atoms with Crippen molar-refractivity contribution in [3.05, 3.63) is 34.9 Å². The Bertz CT molecular complexity index is 461. The van der Waals surface area contributed by atoms with E-state index in [4.69, 9.17) is 0 Å². The maximum Gasteiger partial charge on any atom is 0.0351 e. The summed E-state index contributed by atoms with van der Waals surface area (Å²) >= 11 is 0. The summed E-state index contributed by atoms with van der Waals surface area (Å²) in [5.41, 5.74) is 4.55. The van der Waals surface area contributed by atoms with Crippen LogP contribution < -0.4 is 5.32 Å². The second-order valence-corrected chi connectivity index (χ2v) is 7.54. The van der Waals surface area contributed by atoms with Crippen molar-refractivity contribution in [2.24, 2.45) is 11.8 Å². The normalized spacial score (nSPS) is 24.0. The van der Waals surface area contributed by atoms with Crippen molar-refractivity contribution in [1.82, 2.24) is 5.32 Å². The minimum atomic E-state index is 0.515. The van der Waals surface area contributed by atoms with E-state index < -0.39 is 0 Å². The Morgan fingerprint density at radius 1 is 1.00 bits per heavy atom. The summed E-state index contributed by atoms with van der Waals surface area (Å²) in [5, 5.41) is 3.63. The number of hydrogen-bond acceptors (Lipinski definition) is 1. The molecule has 118 valence electrons. The molecule has 21 heavy (non-hydrogen) atoms. The van der Waals surface area contributed by atoms with Crippen LogP contribution in [0.4, 0.5) is 0 Å². The molecule has 0 spiro atoms. The first-order valence-electron chi connectivity index (χ1n) is 8.76. The summed E-state index contributed by atoms with van der Waals surface area (Å²) in [4.78, 5) is 0. The van der Waals surface area contributed by atoms with E-state index >= 15 is 0 Å². The predicted octanol–water partition coefficient (Wildman–Crippen LogP) is 5.63. The van der Waals surface area contributed by atoms with E-state index in [9.17, 15) is 0 Å². The number of nitrogens with one attached hydrogen (secondary N) is 1. The molecule has 0 radical (unpaired) electrons. The molecule has 0 bridgehead atoms. The largest absolute Gasteiger partial charge is 0.313 e. The number of rotatable bonds is 5. The number of hydrogen-bond donors (Lipinski definition) is 1. The molecule has 1 fully saturated rings. The summed E-state index contributed by atoms with van der Waals surface area (Å²) < 4.78 is 0. The second-order valence-electron chi connectivity index (χ2n) is 7.54. The lowest BCUT2D eigenvalue weighted by atomic mass is 9.81. The van der Waals surface area contributed by atoms with Crippen molar-refractivity contribution in [1.29, 1.82) is 0 Å². The third-order valence-electron chi connectivity index (χ3n) is 5.40. The van der Waals surface area contributed by atoms with Crippen molar-refractivity contribution in [3.63, 3.8) is 0 Å². The third-order valence-corrected chi connectivity index (χ3v) is 5.40. The molecular weight excluding hydrogens is 254 g/mol. The lowest BCUT2D eigenvalue weighted by Crippen LogP contribution is -2.28. The Kier molecular flexibility index (Phi) is 5.48. The van der Waals surface area contributed by atoms with Crippen LogP contribution in [0, 0.1) is 11.8 Å². The summed E-state index contributed by atoms with van der Waals surface area (Å²) in [6.07, 6.45) is 4.16. The fourth-order valence-corrected chi connectivity index (χ4v) is 4.01. The van der Waals surface area contributed by atoms with E-state index in [1.165, 1.54) is 30.4 Å². The van der Waals surface area contributed by atoms with Crippen LogP contribution in [-0.4, -0.2) is 7.05 Å². The van der Waals surface area contributed by atoms with Crippen LogP contribution in [0.15, 0.2) is 18.2 Å². The topological polar surface area (TPSA) is 12.0 Å². The molecule has 1 saturated carbocycles. The molecule has 0 amide bonds. The van der Waals surface area contributed by atoms with Gasteiger partial charge in [-0.1, -0.05) is 65.7 Å². The summed E-state index contributed by atoms with van der Waals surface area (Å²) in [7, 11) is 2.14. The average molecular weight is 287 g/mol. The fourth-order valence-electron chi connectivity index (χ4n) is 4.01. The van der Waals surface area contributed by atoms with E-state index in [2.05, 4.69) is 65.2 Å². The van der Waals surface area contributed by atoms with Crippen LogP contribution in [0.3, 0.4) is 0 Å². The predicted molar refractivity (Wildman–Crippen MR) is 92.9 cm³/mol. The molecule has 0 aromatic heterocycles. The summed E-state index contributed by atoms with van der Waals surface area (Å²) in [6.45, 7) is 11.7. The molecule has 1 aliphatic carbocycles.